The van der Waals surface area contributed by atoms with Crippen LogP contribution in [0.5, 0.6) is 11.5 Å². The molecule has 0 saturated heterocycles. The monoisotopic (exact) mass is 379 g/mol. The molecular formula is C26H21NO2. The van der Waals surface area contributed by atoms with Crippen molar-refractivity contribution in [2.45, 2.75) is 6.42 Å². The third-order valence-electron chi connectivity index (χ3n) is 4.54. The lowest BCUT2D eigenvalue weighted by atomic mass is 10.0. The van der Waals surface area contributed by atoms with E-state index >= 15 is 0 Å². The highest BCUT2D eigenvalue weighted by Crippen LogP contribution is 2.23. The Balaban J connectivity index is 1.33. The molecule has 4 aromatic rings. The Hall–Kier alpha value is -3.85. The first-order valence-corrected chi connectivity index (χ1v) is 9.53. The molecule has 0 unspecified atom stereocenters. The van der Waals surface area contributed by atoms with E-state index in [2.05, 4.69) is 17.4 Å². The third-order valence-corrected chi connectivity index (χ3v) is 4.54. The minimum absolute atomic E-state index is 0.0470. The lowest BCUT2D eigenvalue weighted by molar-refractivity contribution is -0.115. The maximum Gasteiger partial charge on any atom is 0.228 e. The second-order valence-corrected chi connectivity index (χ2v) is 6.73. The molecule has 0 aliphatic rings. The van der Waals surface area contributed by atoms with Crippen molar-refractivity contribution in [3.8, 4) is 22.6 Å². The molecule has 0 saturated carbocycles. The fourth-order valence-corrected chi connectivity index (χ4v) is 3.07. The molecule has 0 aliphatic carbocycles. The topological polar surface area (TPSA) is 38.3 Å². The van der Waals surface area contributed by atoms with Crippen LogP contribution in [0.1, 0.15) is 5.56 Å². The van der Waals surface area contributed by atoms with E-state index in [0.29, 0.717) is 6.42 Å². The molecule has 3 nitrogen and oxygen atoms in total. The van der Waals surface area contributed by atoms with Crippen molar-refractivity contribution in [3.63, 3.8) is 0 Å². The van der Waals surface area contributed by atoms with Gasteiger partial charge in [0, 0.05) is 5.69 Å². The zero-order valence-corrected chi connectivity index (χ0v) is 15.9. The Morgan fingerprint density at radius 2 is 1.17 bits per heavy atom. The fourth-order valence-electron chi connectivity index (χ4n) is 3.07. The summed E-state index contributed by atoms with van der Waals surface area (Å²) in [6, 6.07) is 35.3. The van der Waals surface area contributed by atoms with E-state index in [-0.39, 0.29) is 5.91 Å². The van der Waals surface area contributed by atoms with Crippen LogP contribution in [-0.4, -0.2) is 5.91 Å². The fraction of sp³-hybridized carbons (Fsp3) is 0.0385. The van der Waals surface area contributed by atoms with E-state index < -0.39 is 0 Å². The van der Waals surface area contributed by atoms with Crippen LogP contribution in [0.3, 0.4) is 0 Å². The second-order valence-electron chi connectivity index (χ2n) is 6.73. The molecule has 3 heteroatoms. The predicted molar refractivity (Wildman–Crippen MR) is 117 cm³/mol. The molecule has 0 heterocycles. The van der Waals surface area contributed by atoms with Crippen molar-refractivity contribution in [2.75, 3.05) is 5.32 Å². The molecule has 1 amide bonds. The number of nitrogens with one attached hydrogen (secondary N) is 1. The number of hydrogen-bond donors (Lipinski definition) is 1. The first kappa shape index (κ1) is 18.5. The summed E-state index contributed by atoms with van der Waals surface area (Å²) in [4.78, 5) is 12.4. The smallest absolute Gasteiger partial charge is 0.228 e. The maximum atomic E-state index is 12.4. The number of benzene rings is 4. The minimum atomic E-state index is -0.0470. The Kier molecular flexibility index (Phi) is 5.68. The number of rotatable bonds is 6. The van der Waals surface area contributed by atoms with Gasteiger partial charge in [0.15, 0.2) is 0 Å². The average molecular weight is 379 g/mol. The number of hydrogen-bond acceptors (Lipinski definition) is 2. The number of carbonyl (C=O) groups excluding carboxylic acids is 1. The number of carbonyl (C=O) groups is 1. The molecule has 142 valence electrons. The third kappa shape index (κ3) is 5.11. The summed E-state index contributed by atoms with van der Waals surface area (Å²) in [5, 5.41) is 2.93. The van der Waals surface area contributed by atoms with Crippen molar-refractivity contribution in [1.29, 1.82) is 0 Å². The minimum Gasteiger partial charge on any atom is -0.457 e. The second kappa shape index (κ2) is 8.89. The van der Waals surface area contributed by atoms with Gasteiger partial charge in [0.2, 0.25) is 5.91 Å². The van der Waals surface area contributed by atoms with Gasteiger partial charge in [0.25, 0.3) is 0 Å². The molecule has 1 N–H and O–H groups in total. The quantitative estimate of drug-likeness (QED) is 0.425. The van der Waals surface area contributed by atoms with Crippen LogP contribution in [0.25, 0.3) is 11.1 Å². The number of para-hydroxylation sites is 1. The molecule has 0 atom stereocenters. The molecule has 4 aromatic carbocycles. The summed E-state index contributed by atoms with van der Waals surface area (Å²) in [5.74, 6) is 1.46. The van der Waals surface area contributed by atoms with E-state index in [9.17, 15) is 4.79 Å². The number of anilines is 1. The van der Waals surface area contributed by atoms with E-state index in [1.165, 1.54) is 5.56 Å². The van der Waals surface area contributed by atoms with Crippen LogP contribution >= 0.6 is 0 Å². The molecule has 0 aliphatic heterocycles. The Morgan fingerprint density at radius 3 is 1.83 bits per heavy atom. The average Bonchev–Trinajstić information content (AvgIpc) is 2.77. The zero-order chi connectivity index (χ0) is 19.9. The van der Waals surface area contributed by atoms with E-state index in [0.717, 1.165) is 28.3 Å². The Labute approximate surface area is 170 Å². The lowest BCUT2D eigenvalue weighted by Gasteiger charge is -2.09. The highest BCUT2D eigenvalue weighted by molar-refractivity contribution is 5.92. The molecule has 29 heavy (non-hydrogen) atoms. The van der Waals surface area contributed by atoms with Crippen LogP contribution in [-0.2, 0) is 11.2 Å². The lowest BCUT2D eigenvalue weighted by Crippen LogP contribution is -2.14. The first-order valence-electron chi connectivity index (χ1n) is 9.53. The molecule has 0 fully saturated rings. The van der Waals surface area contributed by atoms with Crippen molar-refractivity contribution < 1.29 is 9.53 Å². The van der Waals surface area contributed by atoms with Crippen molar-refractivity contribution in [2.24, 2.45) is 0 Å². The number of amides is 1. The molecular weight excluding hydrogens is 358 g/mol. The summed E-state index contributed by atoms with van der Waals surface area (Å²) in [5.41, 5.74) is 4.03. The zero-order valence-electron chi connectivity index (χ0n) is 15.9. The van der Waals surface area contributed by atoms with Gasteiger partial charge in [-0.25, -0.2) is 0 Å². The van der Waals surface area contributed by atoms with Crippen molar-refractivity contribution in [3.05, 3.63) is 115 Å². The first-order chi connectivity index (χ1) is 14.3. The van der Waals surface area contributed by atoms with Crippen molar-refractivity contribution in [1.82, 2.24) is 0 Å². The molecule has 0 spiro atoms. The molecule has 0 aromatic heterocycles. The van der Waals surface area contributed by atoms with Crippen LogP contribution in [0.2, 0.25) is 0 Å². The van der Waals surface area contributed by atoms with Gasteiger partial charge in [0.05, 0.1) is 6.42 Å². The largest absolute Gasteiger partial charge is 0.457 e. The van der Waals surface area contributed by atoms with Gasteiger partial charge in [-0.2, -0.15) is 0 Å². The summed E-state index contributed by atoms with van der Waals surface area (Å²) < 4.78 is 5.77. The normalized spacial score (nSPS) is 10.3. The van der Waals surface area contributed by atoms with Gasteiger partial charge >= 0.3 is 0 Å². The molecule has 0 bridgehead atoms. The highest BCUT2D eigenvalue weighted by Gasteiger charge is 2.06. The van der Waals surface area contributed by atoms with Gasteiger partial charge in [-0.15, -0.1) is 0 Å². The SMILES string of the molecule is O=C(Cc1ccc(-c2ccccc2)cc1)Nc1ccc(Oc2ccccc2)cc1. The Morgan fingerprint density at radius 1 is 0.621 bits per heavy atom. The van der Waals surface area contributed by atoms with E-state index in [1.54, 1.807) is 0 Å². The van der Waals surface area contributed by atoms with Gasteiger partial charge in [-0.1, -0.05) is 72.8 Å². The number of ether oxygens (including phenoxy) is 1. The van der Waals surface area contributed by atoms with Crippen LogP contribution < -0.4 is 10.1 Å². The van der Waals surface area contributed by atoms with Gasteiger partial charge in [-0.3, -0.25) is 4.79 Å². The summed E-state index contributed by atoms with van der Waals surface area (Å²) in [7, 11) is 0. The van der Waals surface area contributed by atoms with Crippen LogP contribution in [0, 0.1) is 0 Å². The molecule has 0 radical (unpaired) electrons. The van der Waals surface area contributed by atoms with Crippen LogP contribution in [0.4, 0.5) is 5.69 Å². The standard InChI is InChI=1S/C26H21NO2/c28-26(19-20-11-13-22(14-12-20)21-7-3-1-4-8-21)27-23-15-17-25(18-16-23)29-24-9-5-2-6-10-24/h1-18H,19H2,(H,27,28). The molecule has 4 rings (SSSR count). The Bertz CT molecular complexity index is 1060. The summed E-state index contributed by atoms with van der Waals surface area (Å²) in [6.45, 7) is 0. The van der Waals surface area contributed by atoms with E-state index in [4.69, 9.17) is 4.74 Å². The highest BCUT2D eigenvalue weighted by atomic mass is 16.5. The van der Waals surface area contributed by atoms with Gasteiger partial charge < -0.3 is 10.1 Å². The van der Waals surface area contributed by atoms with Crippen molar-refractivity contribution >= 4 is 11.6 Å². The predicted octanol–water partition coefficient (Wildman–Crippen LogP) is 6.33. The van der Waals surface area contributed by atoms with E-state index in [1.807, 2.05) is 97.1 Å². The van der Waals surface area contributed by atoms with Gasteiger partial charge in [0.1, 0.15) is 11.5 Å². The maximum absolute atomic E-state index is 12.4. The summed E-state index contributed by atoms with van der Waals surface area (Å²) in [6.07, 6.45) is 0.331. The van der Waals surface area contributed by atoms with Crippen LogP contribution in [0.15, 0.2) is 109 Å². The summed E-state index contributed by atoms with van der Waals surface area (Å²) >= 11 is 0. The van der Waals surface area contributed by atoms with Gasteiger partial charge in [-0.05, 0) is 53.1 Å².